The second-order valence-electron chi connectivity index (χ2n) is 9.45. The van der Waals surface area contributed by atoms with Gasteiger partial charge >= 0.3 is 14.4 Å². The van der Waals surface area contributed by atoms with Crippen LogP contribution in [0.5, 0.6) is 5.75 Å². The van der Waals surface area contributed by atoms with E-state index in [9.17, 15) is 17.7 Å². The Balaban J connectivity index is 1.58. The molecule has 0 saturated heterocycles. The van der Waals surface area contributed by atoms with E-state index in [1.807, 2.05) is 38.1 Å². The quantitative estimate of drug-likeness (QED) is 0.152. The highest BCUT2D eigenvalue weighted by molar-refractivity contribution is 7.32. The van der Waals surface area contributed by atoms with Crippen molar-refractivity contribution >= 4 is 8.25 Å². The van der Waals surface area contributed by atoms with Gasteiger partial charge in [-0.2, -0.15) is 13.2 Å². The monoisotopic (exact) mass is 552 g/mol. The van der Waals surface area contributed by atoms with Gasteiger partial charge in [0.2, 0.25) is 0 Å². The van der Waals surface area contributed by atoms with Gasteiger partial charge in [0.25, 0.3) is 0 Å². The highest BCUT2D eigenvalue weighted by atomic mass is 31.1. The van der Waals surface area contributed by atoms with Crippen LogP contribution in [0.25, 0.3) is 11.3 Å². The number of nitrogens with one attached hydrogen (secondary N) is 1. The van der Waals surface area contributed by atoms with Crippen molar-refractivity contribution in [2.75, 3.05) is 19.8 Å². The van der Waals surface area contributed by atoms with Crippen molar-refractivity contribution < 1.29 is 36.3 Å². The fourth-order valence-electron chi connectivity index (χ4n) is 4.13. The van der Waals surface area contributed by atoms with Gasteiger partial charge in [0.1, 0.15) is 18.1 Å². The van der Waals surface area contributed by atoms with Crippen molar-refractivity contribution in [1.82, 2.24) is 5.32 Å². The molecule has 206 valence electrons. The average molecular weight is 553 g/mol. The molecule has 1 unspecified atom stereocenters. The smallest absolute Gasteiger partial charge is 0.493 e. The molecular formula is C28H34F3NO5P+. The second kappa shape index (κ2) is 14.4. The Morgan fingerprint density at radius 3 is 2.53 bits per heavy atom. The third-order valence-electron chi connectivity index (χ3n) is 5.83. The zero-order valence-corrected chi connectivity index (χ0v) is 22.5. The minimum atomic E-state index is -4.38. The first kappa shape index (κ1) is 29.8. The summed E-state index contributed by atoms with van der Waals surface area (Å²) in [5, 5.41) is 3.26. The molecule has 10 heteroatoms. The summed E-state index contributed by atoms with van der Waals surface area (Å²) in [7, 11) is -2.57. The summed E-state index contributed by atoms with van der Waals surface area (Å²) in [4.78, 5) is 8.65. The van der Waals surface area contributed by atoms with Crippen LogP contribution < -0.4 is 10.1 Å². The van der Waals surface area contributed by atoms with Gasteiger partial charge in [-0.15, -0.1) is 9.42 Å². The van der Waals surface area contributed by atoms with Crippen LogP contribution in [0.1, 0.15) is 48.9 Å². The summed E-state index contributed by atoms with van der Waals surface area (Å²) in [5.41, 5.74) is 2.20. The van der Waals surface area contributed by atoms with Crippen molar-refractivity contribution in [2.45, 2.75) is 52.3 Å². The van der Waals surface area contributed by atoms with Gasteiger partial charge in [-0.25, -0.2) is 0 Å². The van der Waals surface area contributed by atoms with E-state index in [1.54, 1.807) is 24.5 Å². The number of hydrogen-bond donors (Lipinski definition) is 2. The number of halogens is 3. The molecule has 0 spiro atoms. The average Bonchev–Trinajstić information content (AvgIpc) is 3.39. The summed E-state index contributed by atoms with van der Waals surface area (Å²) in [6.45, 7) is 5.55. The molecule has 3 rings (SSSR count). The molecule has 0 aliphatic carbocycles. The van der Waals surface area contributed by atoms with Crippen LogP contribution in [-0.2, 0) is 34.7 Å². The molecule has 1 atom stereocenters. The molecule has 0 fully saturated rings. The maximum Gasteiger partial charge on any atom is 0.694 e. The van der Waals surface area contributed by atoms with E-state index >= 15 is 0 Å². The van der Waals surface area contributed by atoms with Crippen molar-refractivity contribution in [3.8, 4) is 17.1 Å². The molecule has 1 aromatic heterocycles. The molecule has 2 N–H and O–H groups in total. The van der Waals surface area contributed by atoms with Crippen molar-refractivity contribution in [1.29, 1.82) is 0 Å². The van der Waals surface area contributed by atoms with Gasteiger partial charge in [0, 0.05) is 11.1 Å². The van der Waals surface area contributed by atoms with Crippen LogP contribution in [-0.4, -0.2) is 24.7 Å². The molecule has 0 amide bonds. The Labute approximate surface area is 222 Å². The Morgan fingerprint density at radius 1 is 1.05 bits per heavy atom. The zero-order chi connectivity index (χ0) is 27.5. The number of ether oxygens (including phenoxy) is 1. The van der Waals surface area contributed by atoms with Gasteiger partial charge in [0.15, 0.2) is 0 Å². The van der Waals surface area contributed by atoms with E-state index in [0.717, 1.165) is 11.1 Å². The van der Waals surface area contributed by atoms with Crippen LogP contribution in [0.2, 0.25) is 0 Å². The zero-order valence-electron chi connectivity index (χ0n) is 21.6. The van der Waals surface area contributed by atoms with Gasteiger partial charge in [-0.05, 0) is 85.2 Å². The second-order valence-corrected chi connectivity index (χ2v) is 10.2. The predicted octanol–water partition coefficient (Wildman–Crippen LogP) is 7.32. The van der Waals surface area contributed by atoms with Crippen LogP contribution in [0.3, 0.4) is 0 Å². The fraction of sp³-hybridized carbons (Fsp3) is 0.429. The van der Waals surface area contributed by atoms with Gasteiger partial charge in [-0.1, -0.05) is 32.0 Å². The predicted molar refractivity (Wildman–Crippen MR) is 140 cm³/mol. The molecule has 2 aromatic carbocycles. The molecule has 38 heavy (non-hydrogen) atoms. The van der Waals surface area contributed by atoms with Crippen LogP contribution in [0, 0.1) is 5.92 Å². The van der Waals surface area contributed by atoms with E-state index in [-0.39, 0.29) is 12.5 Å². The first-order valence-electron chi connectivity index (χ1n) is 12.6. The number of benzene rings is 2. The standard InChI is InChI=1S/C28H33F3NO5P/c1-20(2)16-23-10-8-21(18-25(23)28(29,30)31)6-3-13-36-27-11-9-22(17-24(27)26-7-4-14-35-26)19-32-12-5-15-37-38(33)34/h4,7-11,14,17-18,20,32H,3,5-6,12-13,15-16,19H2,1-2H3/p+1. The SMILES string of the molecule is CC(C)Cc1ccc(CCCOc2ccc(CNCCCO[P+](=O)O)cc2-c2ccco2)cc1C(F)(F)F. The summed E-state index contributed by atoms with van der Waals surface area (Å²) in [6, 6.07) is 14.0. The van der Waals surface area contributed by atoms with Gasteiger partial charge in [0.05, 0.1) is 24.0 Å². The van der Waals surface area contributed by atoms with E-state index < -0.39 is 20.0 Å². The Hall–Kier alpha value is -2.71. The fourth-order valence-corrected chi connectivity index (χ4v) is 4.41. The van der Waals surface area contributed by atoms with Crippen LogP contribution >= 0.6 is 8.25 Å². The van der Waals surface area contributed by atoms with Crippen molar-refractivity contribution in [2.24, 2.45) is 5.92 Å². The summed E-state index contributed by atoms with van der Waals surface area (Å²) in [5.74, 6) is 1.42. The molecule has 0 bridgehead atoms. The minimum absolute atomic E-state index is 0.140. The Bertz CT molecular complexity index is 1170. The molecule has 6 nitrogen and oxygen atoms in total. The van der Waals surface area contributed by atoms with Crippen molar-refractivity contribution in [3.63, 3.8) is 0 Å². The lowest BCUT2D eigenvalue weighted by Crippen LogP contribution is -2.16. The molecular weight excluding hydrogens is 518 g/mol. The van der Waals surface area contributed by atoms with Gasteiger partial charge in [-0.3, -0.25) is 0 Å². The highest BCUT2D eigenvalue weighted by Gasteiger charge is 2.33. The summed E-state index contributed by atoms with van der Waals surface area (Å²) < 4.78 is 67.6. The normalized spacial score (nSPS) is 12.2. The lowest BCUT2D eigenvalue weighted by atomic mass is 9.95. The third-order valence-corrected chi connectivity index (χ3v) is 6.24. The first-order chi connectivity index (χ1) is 18.1. The number of furan rings is 1. The van der Waals surface area contributed by atoms with E-state index in [0.29, 0.717) is 68.0 Å². The van der Waals surface area contributed by atoms with E-state index in [4.69, 9.17) is 14.0 Å². The molecule has 0 aliphatic heterocycles. The Morgan fingerprint density at radius 2 is 1.84 bits per heavy atom. The topological polar surface area (TPSA) is 80.9 Å². The summed E-state index contributed by atoms with van der Waals surface area (Å²) >= 11 is 0. The molecule has 3 aromatic rings. The van der Waals surface area contributed by atoms with Gasteiger partial charge < -0.3 is 14.5 Å². The molecule has 0 radical (unpaired) electrons. The van der Waals surface area contributed by atoms with Crippen LogP contribution in [0.4, 0.5) is 13.2 Å². The maximum absolute atomic E-state index is 13.6. The largest absolute Gasteiger partial charge is 0.694 e. The number of rotatable bonds is 15. The highest BCUT2D eigenvalue weighted by Crippen LogP contribution is 2.34. The number of hydrogen-bond acceptors (Lipinski definition) is 5. The molecule has 1 heterocycles. The number of aryl methyl sites for hydroxylation is 1. The lowest BCUT2D eigenvalue weighted by molar-refractivity contribution is -0.138. The lowest BCUT2D eigenvalue weighted by Gasteiger charge is -2.16. The number of alkyl halides is 3. The van der Waals surface area contributed by atoms with E-state index in [2.05, 4.69) is 9.84 Å². The first-order valence-corrected chi connectivity index (χ1v) is 13.7. The van der Waals surface area contributed by atoms with Crippen molar-refractivity contribution in [3.05, 3.63) is 77.0 Å². The molecule has 0 saturated carbocycles. The minimum Gasteiger partial charge on any atom is -0.493 e. The summed E-state index contributed by atoms with van der Waals surface area (Å²) in [6.07, 6.45) is -0.782. The third kappa shape index (κ3) is 9.55. The maximum atomic E-state index is 13.6. The molecule has 0 aliphatic rings. The van der Waals surface area contributed by atoms with E-state index in [1.165, 1.54) is 6.07 Å². The Kier molecular flexibility index (Phi) is 11.3. The van der Waals surface area contributed by atoms with Crippen LogP contribution in [0.15, 0.2) is 59.2 Å².